The van der Waals surface area contributed by atoms with E-state index in [2.05, 4.69) is 38.4 Å². The van der Waals surface area contributed by atoms with E-state index >= 15 is 0 Å². The van der Waals surface area contributed by atoms with E-state index in [1.807, 2.05) is 0 Å². The van der Waals surface area contributed by atoms with Crippen molar-refractivity contribution in [2.24, 2.45) is 5.92 Å². The van der Waals surface area contributed by atoms with Gasteiger partial charge in [-0.3, -0.25) is 9.69 Å². The van der Waals surface area contributed by atoms with Gasteiger partial charge < -0.3 is 29.2 Å². The van der Waals surface area contributed by atoms with Crippen LogP contribution in [0.3, 0.4) is 0 Å². The van der Waals surface area contributed by atoms with Crippen molar-refractivity contribution in [3.63, 3.8) is 0 Å². The molecule has 1 N–H and O–H groups in total. The summed E-state index contributed by atoms with van der Waals surface area (Å²) in [4.78, 5) is 53.3. The number of carbonyl (C=O) groups excluding carboxylic acids is 2. The topological polar surface area (TPSA) is 120 Å². The molecule has 0 saturated carbocycles. The molecule has 0 bridgehead atoms. The van der Waals surface area contributed by atoms with Crippen molar-refractivity contribution < 1.29 is 19.1 Å². The van der Waals surface area contributed by atoms with E-state index in [4.69, 9.17) is 47.6 Å². The quantitative estimate of drug-likeness (QED) is 0.173. The van der Waals surface area contributed by atoms with Gasteiger partial charge in [0.25, 0.3) is 0 Å². The second-order valence-corrected chi connectivity index (χ2v) is 13.9. The Labute approximate surface area is 296 Å². The highest BCUT2D eigenvalue weighted by molar-refractivity contribution is 7.17. The van der Waals surface area contributed by atoms with Crippen LogP contribution >= 0.6 is 34.5 Å². The van der Waals surface area contributed by atoms with Gasteiger partial charge in [0.05, 0.1) is 35.1 Å². The second kappa shape index (κ2) is 16.7. The third kappa shape index (κ3) is 8.31. The molecule has 0 aliphatic carbocycles. The van der Waals surface area contributed by atoms with Crippen LogP contribution in [0.5, 0.6) is 0 Å². The first-order valence-electron chi connectivity index (χ1n) is 16.7. The number of ether oxygens (including phenoxy) is 2. The van der Waals surface area contributed by atoms with E-state index in [0.29, 0.717) is 57.3 Å². The number of methoxy groups -OCH3 is 1. The molecule has 2 aliphatic rings. The molecule has 2 fully saturated rings. The zero-order chi connectivity index (χ0) is 34.4. The summed E-state index contributed by atoms with van der Waals surface area (Å²) in [5.41, 5.74) is 1.97. The van der Waals surface area contributed by atoms with Gasteiger partial charge in [0.15, 0.2) is 10.9 Å². The molecule has 5 rings (SSSR count). The number of piperidine rings is 1. The highest BCUT2D eigenvalue weighted by atomic mass is 35.5. The summed E-state index contributed by atoms with van der Waals surface area (Å²) in [6.07, 6.45) is 4.19. The van der Waals surface area contributed by atoms with Crippen LogP contribution in [0.1, 0.15) is 59.5 Å². The molecule has 3 aromatic heterocycles. The van der Waals surface area contributed by atoms with Crippen LogP contribution in [0.2, 0.25) is 10.0 Å². The molecule has 2 aliphatic heterocycles. The molecule has 0 radical (unpaired) electrons. The number of H-pyrrole nitrogens is 1. The molecule has 262 valence electrons. The largest absolute Gasteiger partial charge is 0.462 e. The Bertz CT molecular complexity index is 1540. The molecule has 0 amide bonds. The Morgan fingerprint density at radius 1 is 1.04 bits per heavy atom. The molecular weight excluding hydrogens is 675 g/mol. The van der Waals surface area contributed by atoms with Gasteiger partial charge in [-0.15, -0.1) is 0 Å². The van der Waals surface area contributed by atoms with Crippen LogP contribution in [-0.4, -0.2) is 127 Å². The first kappa shape index (κ1) is 36.5. The monoisotopic (exact) mass is 720 g/mol. The number of aryl methyl sites for hydroxylation is 1. The van der Waals surface area contributed by atoms with Crippen molar-refractivity contribution in [3.8, 4) is 11.4 Å². The van der Waals surface area contributed by atoms with E-state index in [1.165, 1.54) is 11.3 Å². The van der Waals surface area contributed by atoms with Crippen molar-refractivity contribution >= 4 is 57.2 Å². The average molecular weight is 722 g/mol. The van der Waals surface area contributed by atoms with Gasteiger partial charge in [-0.25, -0.2) is 19.7 Å². The van der Waals surface area contributed by atoms with Gasteiger partial charge in [-0.1, -0.05) is 48.4 Å². The number of halogens is 2. The fourth-order valence-electron chi connectivity index (χ4n) is 6.33. The van der Waals surface area contributed by atoms with Gasteiger partial charge >= 0.3 is 5.97 Å². The summed E-state index contributed by atoms with van der Waals surface area (Å²) in [6, 6.07) is 0. The fourth-order valence-corrected chi connectivity index (χ4v) is 7.77. The number of anilines is 2. The normalized spacial score (nSPS) is 18.9. The number of aromatic amines is 1. The van der Waals surface area contributed by atoms with E-state index in [1.54, 1.807) is 33.4 Å². The first-order valence-corrected chi connectivity index (χ1v) is 18.3. The molecule has 15 heteroatoms. The predicted octanol–water partition coefficient (Wildman–Crippen LogP) is 5.30. The molecule has 12 nitrogen and oxygen atoms in total. The van der Waals surface area contributed by atoms with Gasteiger partial charge in [0, 0.05) is 71.6 Å². The number of hydrogen-bond donors (Lipinski definition) is 1. The summed E-state index contributed by atoms with van der Waals surface area (Å²) in [6.45, 7) is 17.4. The van der Waals surface area contributed by atoms with Crippen LogP contribution in [0, 0.1) is 12.8 Å². The number of nitrogens with one attached hydrogen (secondary N) is 1. The Morgan fingerprint density at radius 3 is 2.40 bits per heavy atom. The van der Waals surface area contributed by atoms with Crippen molar-refractivity contribution in [2.45, 2.75) is 46.6 Å². The highest BCUT2D eigenvalue weighted by Crippen LogP contribution is 2.37. The lowest BCUT2D eigenvalue weighted by Crippen LogP contribution is -2.48. The Hall–Kier alpha value is -2.81. The van der Waals surface area contributed by atoms with Gasteiger partial charge in [-0.05, 0) is 39.3 Å². The molecule has 5 heterocycles. The summed E-state index contributed by atoms with van der Waals surface area (Å²) in [5.74, 6) is 0.246. The van der Waals surface area contributed by atoms with Crippen LogP contribution < -0.4 is 9.80 Å². The number of likely N-dealkylation sites (N-methyl/N-ethyl adjacent to an activating group) is 1. The summed E-state index contributed by atoms with van der Waals surface area (Å²) < 4.78 is 11.3. The van der Waals surface area contributed by atoms with Gasteiger partial charge in [0.1, 0.15) is 27.8 Å². The average Bonchev–Trinajstić information content (AvgIpc) is 3.67. The van der Waals surface area contributed by atoms with E-state index in [-0.39, 0.29) is 35.9 Å². The van der Waals surface area contributed by atoms with Gasteiger partial charge in [-0.2, -0.15) is 0 Å². The number of thiazole rings is 1. The number of esters is 1. The third-order valence-corrected chi connectivity index (χ3v) is 11.4. The molecular formula is C33H46Cl2N8O4S. The van der Waals surface area contributed by atoms with E-state index in [0.717, 1.165) is 58.2 Å². The smallest absolute Gasteiger partial charge is 0.350 e. The Balaban J connectivity index is 1.26. The minimum Gasteiger partial charge on any atom is -0.462 e. The molecule has 2 atom stereocenters. The summed E-state index contributed by atoms with van der Waals surface area (Å²) in [5, 5.41) is 1.29. The minimum absolute atomic E-state index is 0.0242. The number of hydrogen-bond acceptors (Lipinski definition) is 12. The number of nitrogens with zero attached hydrogens (tertiary/aromatic N) is 7. The number of rotatable bonds is 14. The van der Waals surface area contributed by atoms with Crippen molar-refractivity contribution in [2.75, 3.05) is 89.0 Å². The van der Waals surface area contributed by atoms with E-state index < -0.39 is 5.97 Å². The van der Waals surface area contributed by atoms with Crippen molar-refractivity contribution in [3.05, 3.63) is 38.7 Å². The lowest BCUT2D eigenvalue weighted by atomic mass is 9.88. The van der Waals surface area contributed by atoms with Crippen LogP contribution in [0.15, 0.2) is 12.4 Å². The van der Waals surface area contributed by atoms with Crippen molar-refractivity contribution in [1.29, 1.82) is 0 Å². The minimum atomic E-state index is -0.441. The maximum atomic E-state index is 13.1. The van der Waals surface area contributed by atoms with Gasteiger partial charge in [0.2, 0.25) is 0 Å². The molecule has 3 aromatic rings. The molecule has 48 heavy (non-hydrogen) atoms. The van der Waals surface area contributed by atoms with E-state index in [9.17, 15) is 9.59 Å². The molecule has 0 unspecified atom stereocenters. The maximum Gasteiger partial charge on any atom is 0.350 e. The fraction of sp³-hybridized carbons (Fsp3) is 0.606. The van der Waals surface area contributed by atoms with Crippen LogP contribution in [0.4, 0.5) is 10.9 Å². The molecule has 0 spiro atoms. The van der Waals surface area contributed by atoms with Crippen molar-refractivity contribution in [1.82, 2.24) is 29.7 Å². The predicted molar refractivity (Wildman–Crippen MR) is 191 cm³/mol. The zero-order valence-electron chi connectivity index (χ0n) is 28.4. The lowest BCUT2D eigenvalue weighted by molar-refractivity contribution is 0.0375. The summed E-state index contributed by atoms with van der Waals surface area (Å²) >= 11 is 13.8. The molecule has 2 saturated heterocycles. The SMILES string of the molecule is CCOC(=O)c1sc(N2CC[C@@H](CC(=O)c3[nH]c(C)c(Cl)c3Cl)[C@@H](OC)C2)nc1-c1cnc(N2CCN(CCN(CC)CC)CC2)cn1. The lowest BCUT2D eigenvalue weighted by Gasteiger charge is -2.37. The molecule has 0 aromatic carbocycles. The Morgan fingerprint density at radius 2 is 1.79 bits per heavy atom. The van der Waals surface area contributed by atoms with Crippen LogP contribution in [0.25, 0.3) is 11.4 Å². The van der Waals surface area contributed by atoms with Crippen LogP contribution in [-0.2, 0) is 9.47 Å². The number of piperazine rings is 1. The second-order valence-electron chi connectivity index (χ2n) is 12.2. The first-order chi connectivity index (χ1) is 23.2. The standard InChI is InChI=1S/C33H46Cl2N8O4S/c1-6-40(7-2)11-12-41-13-15-42(16-14-41)26-19-36-23(18-37-26)29-31(32(45)47-8-3)48-33(39-29)43-10-9-22(25(20-43)46-5)17-24(44)30-28(35)27(34)21(4)38-30/h18-19,22,25,38H,6-17,20H2,1-5H3/t22-,25-/m0/s1. The number of ketones is 1. The number of carbonyl (C=O) groups is 2. The highest BCUT2D eigenvalue weighted by Gasteiger charge is 2.35. The number of aromatic nitrogens is 4. The maximum absolute atomic E-state index is 13.1. The number of Topliss-reactive ketones (excluding diaryl/α,β-unsaturated/α-hetero) is 1. The summed E-state index contributed by atoms with van der Waals surface area (Å²) in [7, 11) is 1.65. The Kier molecular flexibility index (Phi) is 12.7. The zero-order valence-corrected chi connectivity index (χ0v) is 30.8. The third-order valence-electron chi connectivity index (χ3n) is 9.33.